The zero-order valence-electron chi connectivity index (χ0n) is 15.0. The Balaban J connectivity index is 1.53. The number of nitrogens with zero attached hydrogens (tertiary/aromatic N) is 2. The molecule has 0 spiro atoms. The average molecular weight is 355 g/mol. The van der Waals surface area contributed by atoms with Crippen LogP contribution in [0.25, 0.3) is 22.2 Å². The van der Waals surface area contributed by atoms with Gasteiger partial charge in [-0.25, -0.2) is 0 Å². The van der Waals surface area contributed by atoms with Crippen LogP contribution in [0.2, 0.25) is 0 Å². The molecule has 2 aromatic carbocycles. The third-order valence-corrected chi connectivity index (χ3v) is 4.64. The third-order valence-electron chi connectivity index (χ3n) is 4.64. The van der Waals surface area contributed by atoms with E-state index < -0.39 is 0 Å². The molecule has 0 atom stereocenters. The van der Waals surface area contributed by atoms with Crippen LogP contribution >= 0.6 is 0 Å². The van der Waals surface area contributed by atoms with Crippen molar-refractivity contribution in [2.45, 2.75) is 13.0 Å². The molecule has 0 saturated carbocycles. The van der Waals surface area contributed by atoms with Crippen LogP contribution in [-0.4, -0.2) is 22.0 Å². The van der Waals surface area contributed by atoms with Gasteiger partial charge in [0.25, 0.3) is 0 Å². The smallest absolute Gasteiger partial charge is 0.239 e. The van der Waals surface area contributed by atoms with E-state index in [0.29, 0.717) is 13.1 Å². The average Bonchev–Trinajstić information content (AvgIpc) is 3.08. The van der Waals surface area contributed by atoms with E-state index in [0.717, 1.165) is 34.1 Å². The van der Waals surface area contributed by atoms with Crippen LogP contribution in [-0.2, 0) is 17.8 Å². The third kappa shape index (κ3) is 3.90. The molecule has 4 rings (SSSR count). The van der Waals surface area contributed by atoms with Gasteiger partial charge in [-0.3, -0.25) is 9.78 Å². The number of benzene rings is 2. The number of hydrogen-bond acceptors (Lipinski definition) is 2. The van der Waals surface area contributed by atoms with Crippen LogP contribution in [0.4, 0.5) is 0 Å². The topological polar surface area (TPSA) is 46.9 Å². The van der Waals surface area contributed by atoms with Gasteiger partial charge >= 0.3 is 0 Å². The summed E-state index contributed by atoms with van der Waals surface area (Å²) in [7, 11) is 0. The second-order valence-electron chi connectivity index (χ2n) is 6.50. The van der Waals surface area contributed by atoms with E-state index >= 15 is 0 Å². The minimum Gasteiger partial charge on any atom is -0.354 e. The van der Waals surface area contributed by atoms with Gasteiger partial charge in [0, 0.05) is 35.5 Å². The number of carbonyl (C=O) groups excluding carboxylic acids is 1. The monoisotopic (exact) mass is 355 g/mol. The Morgan fingerprint density at radius 3 is 2.59 bits per heavy atom. The first-order chi connectivity index (χ1) is 13.3. The molecule has 0 saturated heterocycles. The molecule has 0 aliphatic carbocycles. The number of nitrogens with one attached hydrogen (secondary N) is 1. The number of fused-ring (bicyclic) bond motifs is 1. The molecule has 0 aliphatic heterocycles. The van der Waals surface area contributed by atoms with Gasteiger partial charge in [0.05, 0.1) is 0 Å². The van der Waals surface area contributed by atoms with Gasteiger partial charge in [0.15, 0.2) is 0 Å². The lowest BCUT2D eigenvalue weighted by Crippen LogP contribution is -2.29. The molecule has 2 heterocycles. The molecule has 0 radical (unpaired) electrons. The first-order valence-electron chi connectivity index (χ1n) is 9.10. The van der Waals surface area contributed by atoms with Crippen molar-refractivity contribution >= 4 is 16.8 Å². The predicted molar refractivity (Wildman–Crippen MR) is 108 cm³/mol. The lowest BCUT2D eigenvalue weighted by Gasteiger charge is -2.11. The molecule has 1 amide bonds. The lowest BCUT2D eigenvalue weighted by atomic mass is 10.1. The molecule has 2 aromatic heterocycles. The Bertz CT molecular complexity index is 1040. The maximum absolute atomic E-state index is 12.6. The van der Waals surface area contributed by atoms with Crippen molar-refractivity contribution in [3.63, 3.8) is 0 Å². The Labute approximate surface area is 158 Å². The van der Waals surface area contributed by atoms with Crippen LogP contribution < -0.4 is 5.32 Å². The Hall–Kier alpha value is -3.40. The summed E-state index contributed by atoms with van der Waals surface area (Å²) >= 11 is 0. The van der Waals surface area contributed by atoms with E-state index in [2.05, 4.69) is 45.2 Å². The van der Waals surface area contributed by atoms with E-state index in [1.165, 1.54) is 0 Å². The van der Waals surface area contributed by atoms with Gasteiger partial charge in [-0.1, -0.05) is 54.6 Å². The van der Waals surface area contributed by atoms with E-state index in [1.54, 1.807) is 6.20 Å². The summed E-state index contributed by atoms with van der Waals surface area (Å²) in [4.78, 5) is 16.7. The highest BCUT2D eigenvalue weighted by Gasteiger charge is 2.13. The second kappa shape index (κ2) is 7.87. The standard InChI is InChI=1S/C23H21N3O/c27-23(25-14-12-18-7-6-13-24-16-18)17-26-21-11-5-4-10-20(21)15-22(26)19-8-2-1-3-9-19/h1-11,13,15-16H,12,14,17H2,(H,25,27). The molecule has 27 heavy (non-hydrogen) atoms. The van der Waals surface area contributed by atoms with Crippen molar-refractivity contribution in [1.29, 1.82) is 0 Å². The van der Waals surface area contributed by atoms with Crippen LogP contribution in [0.3, 0.4) is 0 Å². The van der Waals surface area contributed by atoms with Crippen molar-refractivity contribution < 1.29 is 4.79 Å². The quantitative estimate of drug-likeness (QED) is 0.567. The fourth-order valence-corrected chi connectivity index (χ4v) is 3.32. The fraction of sp³-hybridized carbons (Fsp3) is 0.130. The number of aromatic nitrogens is 2. The maximum atomic E-state index is 12.6. The molecule has 134 valence electrons. The minimum atomic E-state index is 0.0115. The van der Waals surface area contributed by atoms with Crippen molar-refractivity contribution in [3.8, 4) is 11.3 Å². The van der Waals surface area contributed by atoms with Gasteiger partial charge in [-0.2, -0.15) is 0 Å². The van der Waals surface area contributed by atoms with Gasteiger partial charge in [0.2, 0.25) is 5.91 Å². The molecule has 4 heteroatoms. The summed E-state index contributed by atoms with van der Waals surface area (Å²) in [5.41, 5.74) is 4.35. The van der Waals surface area contributed by atoms with Crippen molar-refractivity contribution in [1.82, 2.24) is 14.9 Å². The van der Waals surface area contributed by atoms with E-state index in [-0.39, 0.29) is 5.91 Å². The highest BCUT2D eigenvalue weighted by molar-refractivity contribution is 5.89. The molecular formula is C23H21N3O. The second-order valence-corrected chi connectivity index (χ2v) is 6.50. The summed E-state index contributed by atoms with van der Waals surface area (Å²) in [6, 6.07) is 24.4. The van der Waals surface area contributed by atoms with E-state index in [4.69, 9.17) is 0 Å². The van der Waals surface area contributed by atoms with Gasteiger partial charge < -0.3 is 9.88 Å². The number of rotatable bonds is 6. The normalized spacial score (nSPS) is 10.8. The van der Waals surface area contributed by atoms with Gasteiger partial charge in [0.1, 0.15) is 6.54 Å². The van der Waals surface area contributed by atoms with Gasteiger partial charge in [-0.15, -0.1) is 0 Å². The molecule has 0 aliphatic rings. The van der Waals surface area contributed by atoms with Crippen LogP contribution in [0.15, 0.2) is 85.2 Å². The fourth-order valence-electron chi connectivity index (χ4n) is 3.32. The number of carbonyl (C=O) groups is 1. The molecule has 0 unspecified atom stereocenters. The highest BCUT2D eigenvalue weighted by atomic mass is 16.1. The van der Waals surface area contributed by atoms with Crippen molar-refractivity contribution in [2.24, 2.45) is 0 Å². The first-order valence-corrected chi connectivity index (χ1v) is 9.10. The maximum Gasteiger partial charge on any atom is 0.239 e. The molecule has 4 aromatic rings. The van der Waals surface area contributed by atoms with Crippen LogP contribution in [0.1, 0.15) is 5.56 Å². The van der Waals surface area contributed by atoms with Crippen LogP contribution in [0, 0.1) is 0 Å². The SMILES string of the molecule is O=C(Cn1c(-c2ccccc2)cc2ccccc21)NCCc1cccnc1. The molecule has 0 bridgehead atoms. The Kier molecular flexibility index (Phi) is 4.97. The lowest BCUT2D eigenvalue weighted by molar-refractivity contribution is -0.121. The zero-order chi connectivity index (χ0) is 18.5. The Morgan fingerprint density at radius 1 is 0.963 bits per heavy atom. The minimum absolute atomic E-state index is 0.0115. The predicted octanol–water partition coefficient (Wildman–Crippen LogP) is 4.06. The summed E-state index contributed by atoms with van der Waals surface area (Å²) in [6.45, 7) is 0.898. The molecular weight excluding hydrogens is 334 g/mol. The zero-order valence-corrected chi connectivity index (χ0v) is 15.0. The largest absolute Gasteiger partial charge is 0.354 e. The summed E-state index contributed by atoms with van der Waals surface area (Å²) in [5.74, 6) is 0.0115. The van der Waals surface area contributed by atoms with Crippen molar-refractivity contribution in [3.05, 3.63) is 90.8 Å². The molecule has 0 fully saturated rings. The van der Waals surface area contributed by atoms with E-state index in [1.807, 2.05) is 48.7 Å². The van der Waals surface area contributed by atoms with Gasteiger partial charge in [-0.05, 0) is 35.7 Å². The number of pyridine rings is 1. The number of amides is 1. The number of para-hydroxylation sites is 1. The first kappa shape index (κ1) is 17.0. The summed E-state index contributed by atoms with van der Waals surface area (Å²) < 4.78 is 2.09. The molecule has 4 nitrogen and oxygen atoms in total. The van der Waals surface area contributed by atoms with E-state index in [9.17, 15) is 4.79 Å². The Morgan fingerprint density at radius 2 is 1.78 bits per heavy atom. The molecule has 1 N–H and O–H groups in total. The summed E-state index contributed by atoms with van der Waals surface area (Å²) in [6.07, 6.45) is 4.36. The highest BCUT2D eigenvalue weighted by Crippen LogP contribution is 2.28. The van der Waals surface area contributed by atoms with Crippen LogP contribution in [0.5, 0.6) is 0 Å². The van der Waals surface area contributed by atoms with Crippen molar-refractivity contribution in [2.75, 3.05) is 6.54 Å². The summed E-state index contributed by atoms with van der Waals surface area (Å²) in [5, 5.41) is 4.16. The number of hydrogen-bond donors (Lipinski definition) is 1.